The molecule has 0 amide bonds. The number of hydrogen-bond donors (Lipinski definition) is 1. The van der Waals surface area contributed by atoms with Gasteiger partial charge < -0.3 is 9.67 Å². The molecule has 1 atom stereocenters. The molecule has 1 unspecified atom stereocenters. The van der Waals surface area contributed by atoms with Crippen molar-refractivity contribution in [3.05, 3.63) is 65.7 Å². The predicted molar refractivity (Wildman–Crippen MR) is 109 cm³/mol. The van der Waals surface area contributed by atoms with Crippen molar-refractivity contribution in [2.75, 3.05) is 6.26 Å². The third-order valence-corrected chi connectivity index (χ3v) is 6.42. The largest absolute Gasteiger partial charge is 0.384 e. The van der Waals surface area contributed by atoms with Crippen LogP contribution >= 0.6 is 0 Å². The van der Waals surface area contributed by atoms with Crippen LogP contribution in [-0.2, 0) is 21.9 Å². The highest BCUT2D eigenvalue weighted by atomic mass is 32.2. The minimum Gasteiger partial charge on any atom is -0.384 e. The van der Waals surface area contributed by atoms with Crippen molar-refractivity contribution < 1.29 is 13.5 Å². The molecule has 1 aliphatic rings. The normalized spacial score (nSPS) is 16.5. The Bertz CT molecular complexity index is 1170. The quantitative estimate of drug-likeness (QED) is 0.730. The average Bonchev–Trinajstić information content (AvgIpc) is 3.05. The number of hydrogen-bond acceptors (Lipinski definition) is 4. The topological polar surface area (TPSA) is 72.2 Å². The first kappa shape index (κ1) is 18.9. The summed E-state index contributed by atoms with van der Waals surface area (Å²) in [5, 5.41) is 10.3. The number of rotatable bonds is 3. The molecule has 28 heavy (non-hydrogen) atoms. The van der Waals surface area contributed by atoms with Crippen LogP contribution in [0.3, 0.4) is 0 Å². The molecule has 4 rings (SSSR count). The van der Waals surface area contributed by atoms with Crippen LogP contribution in [0.5, 0.6) is 0 Å². The van der Waals surface area contributed by atoms with Gasteiger partial charge in [-0.15, -0.1) is 0 Å². The van der Waals surface area contributed by atoms with E-state index in [0.29, 0.717) is 10.6 Å². The summed E-state index contributed by atoms with van der Waals surface area (Å²) in [7, 11) is -3.25. The molecule has 0 bridgehead atoms. The van der Waals surface area contributed by atoms with Crippen molar-refractivity contribution in [3.8, 4) is 16.8 Å². The summed E-state index contributed by atoms with van der Waals surface area (Å²) >= 11 is 0. The van der Waals surface area contributed by atoms with Gasteiger partial charge in [0, 0.05) is 18.9 Å². The first-order valence-corrected chi connectivity index (χ1v) is 11.2. The molecule has 3 aromatic rings. The Morgan fingerprint density at radius 2 is 1.86 bits per heavy atom. The monoisotopic (exact) mass is 396 g/mol. The molecule has 2 aromatic carbocycles. The minimum atomic E-state index is -3.25. The standard InChI is InChI=1S/C22H24N2O3S/c1-14-10-21-23-20(22(2,3)25)13-24(21)19-9-8-16(12-18(14)19)15-6-5-7-17(11-15)28(4,26)27/h5-9,11-14,25H,10H2,1-4H3. The summed E-state index contributed by atoms with van der Waals surface area (Å²) in [5.41, 5.74) is 3.79. The second-order valence-electron chi connectivity index (χ2n) is 8.15. The maximum absolute atomic E-state index is 11.9. The van der Waals surface area contributed by atoms with Gasteiger partial charge in [0.1, 0.15) is 11.4 Å². The van der Waals surface area contributed by atoms with Gasteiger partial charge in [-0.3, -0.25) is 0 Å². The molecule has 0 fully saturated rings. The molecule has 1 aliphatic heterocycles. The molecule has 0 spiro atoms. The van der Waals surface area contributed by atoms with Crippen LogP contribution in [0.4, 0.5) is 0 Å². The van der Waals surface area contributed by atoms with E-state index >= 15 is 0 Å². The molecular weight excluding hydrogens is 372 g/mol. The number of benzene rings is 2. The fourth-order valence-electron chi connectivity index (χ4n) is 3.70. The summed E-state index contributed by atoms with van der Waals surface area (Å²) in [6.07, 6.45) is 3.92. The fourth-order valence-corrected chi connectivity index (χ4v) is 4.37. The SMILES string of the molecule is CC1Cc2nc(C(C)(C)O)cn2-c2ccc(-c3cccc(S(C)(=O)=O)c3)cc21. The predicted octanol–water partition coefficient (Wildman–Crippen LogP) is 3.83. The second kappa shape index (κ2) is 6.29. The molecule has 0 aliphatic carbocycles. The van der Waals surface area contributed by atoms with E-state index in [1.807, 2.05) is 24.4 Å². The Hall–Kier alpha value is -2.44. The van der Waals surface area contributed by atoms with E-state index < -0.39 is 15.4 Å². The van der Waals surface area contributed by atoms with Crippen molar-refractivity contribution in [1.82, 2.24) is 9.55 Å². The third kappa shape index (κ3) is 3.27. The first-order valence-electron chi connectivity index (χ1n) is 9.30. The lowest BCUT2D eigenvalue weighted by Crippen LogP contribution is -2.16. The molecule has 5 nitrogen and oxygen atoms in total. The van der Waals surface area contributed by atoms with E-state index in [-0.39, 0.29) is 5.92 Å². The van der Waals surface area contributed by atoms with Crippen LogP contribution in [0.25, 0.3) is 16.8 Å². The number of aliphatic hydroxyl groups is 1. The number of aromatic nitrogens is 2. The van der Waals surface area contributed by atoms with Gasteiger partial charge >= 0.3 is 0 Å². The zero-order valence-electron chi connectivity index (χ0n) is 16.5. The third-order valence-electron chi connectivity index (χ3n) is 5.31. The summed E-state index contributed by atoms with van der Waals surface area (Å²) in [5.74, 6) is 1.22. The van der Waals surface area contributed by atoms with E-state index in [2.05, 4.69) is 22.5 Å². The molecule has 0 saturated heterocycles. The van der Waals surface area contributed by atoms with Crippen molar-refractivity contribution in [3.63, 3.8) is 0 Å². The van der Waals surface area contributed by atoms with Crippen LogP contribution < -0.4 is 0 Å². The van der Waals surface area contributed by atoms with E-state index in [1.165, 1.54) is 11.8 Å². The van der Waals surface area contributed by atoms with E-state index in [4.69, 9.17) is 0 Å². The van der Waals surface area contributed by atoms with Gasteiger partial charge in [-0.05, 0) is 60.7 Å². The molecule has 1 aromatic heterocycles. The Labute approximate surface area is 165 Å². The summed E-state index contributed by atoms with van der Waals surface area (Å²) < 4.78 is 25.8. The van der Waals surface area contributed by atoms with Crippen molar-refractivity contribution in [1.29, 1.82) is 0 Å². The molecule has 0 saturated carbocycles. The molecule has 0 radical (unpaired) electrons. The number of sulfone groups is 1. The van der Waals surface area contributed by atoms with E-state index in [1.54, 1.807) is 32.0 Å². The fraction of sp³-hybridized carbons (Fsp3) is 0.318. The smallest absolute Gasteiger partial charge is 0.175 e. The van der Waals surface area contributed by atoms with Crippen LogP contribution in [0.15, 0.2) is 53.6 Å². The first-order chi connectivity index (χ1) is 13.0. The van der Waals surface area contributed by atoms with Crippen molar-refractivity contribution in [2.24, 2.45) is 0 Å². The average molecular weight is 397 g/mol. The van der Waals surface area contributed by atoms with Gasteiger partial charge in [-0.25, -0.2) is 13.4 Å². The summed E-state index contributed by atoms with van der Waals surface area (Å²) in [4.78, 5) is 4.96. The lowest BCUT2D eigenvalue weighted by Gasteiger charge is -2.24. The maximum atomic E-state index is 11.9. The number of fused-ring (bicyclic) bond motifs is 3. The van der Waals surface area contributed by atoms with Crippen LogP contribution in [0.2, 0.25) is 0 Å². The Kier molecular flexibility index (Phi) is 4.25. The van der Waals surface area contributed by atoms with Gasteiger partial charge in [-0.1, -0.05) is 25.1 Å². The molecule has 146 valence electrons. The Balaban J connectivity index is 1.82. The maximum Gasteiger partial charge on any atom is 0.175 e. The highest BCUT2D eigenvalue weighted by Gasteiger charge is 2.28. The summed E-state index contributed by atoms with van der Waals surface area (Å²) in [6.45, 7) is 5.64. The molecule has 6 heteroatoms. The van der Waals surface area contributed by atoms with Gasteiger partial charge in [-0.2, -0.15) is 0 Å². The number of nitrogens with zero attached hydrogens (tertiary/aromatic N) is 2. The summed E-state index contributed by atoms with van der Waals surface area (Å²) in [6, 6.07) is 13.2. The Morgan fingerprint density at radius 1 is 1.14 bits per heavy atom. The van der Waals surface area contributed by atoms with Crippen molar-refractivity contribution in [2.45, 2.75) is 43.6 Å². The second-order valence-corrected chi connectivity index (χ2v) is 10.2. The van der Waals surface area contributed by atoms with E-state index in [0.717, 1.165) is 29.1 Å². The molecule has 2 heterocycles. The van der Waals surface area contributed by atoms with Gasteiger partial charge in [0.25, 0.3) is 0 Å². The zero-order chi connectivity index (χ0) is 20.3. The van der Waals surface area contributed by atoms with Crippen LogP contribution in [0, 0.1) is 0 Å². The molecule has 1 N–H and O–H groups in total. The van der Waals surface area contributed by atoms with Crippen LogP contribution in [-0.4, -0.2) is 29.3 Å². The number of imidazole rings is 1. The minimum absolute atomic E-state index is 0.276. The Morgan fingerprint density at radius 3 is 2.54 bits per heavy atom. The van der Waals surface area contributed by atoms with Gasteiger partial charge in [0.05, 0.1) is 16.3 Å². The highest BCUT2D eigenvalue weighted by Crippen LogP contribution is 2.37. The van der Waals surface area contributed by atoms with Gasteiger partial charge in [0.15, 0.2) is 9.84 Å². The molecular formula is C22H24N2O3S. The zero-order valence-corrected chi connectivity index (χ0v) is 17.3. The van der Waals surface area contributed by atoms with E-state index in [9.17, 15) is 13.5 Å². The lowest BCUT2D eigenvalue weighted by atomic mass is 9.90. The van der Waals surface area contributed by atoms with Gasteiger partial charge in [0.2, 0.25) is 0 Å². The van der Waals surface area contributed by atoms with Crippen molar-refractivity contribution >= 4 is 9.84 Å². The van der Waals surface area contributed by atoms with Crippen LogP contribution in [0.1, 0.15) is 43.8 Å². The highest BCUT2D eigenvalue weighted by molar-refractivity contribution is 7.90. The lowest BCUT2D eigenvalue weighted by molar-refractivity contribution is 0.0741.